The van der Waals surface area contributed by atoms with Crippen molar-refractivity contribution in [2.24, 2.45) is 0 Å². The summed E-state index contributed by atoms with van der Waals surface area (Å²) in [4.78, 5) is 2.37. The van der Waals surface area contributed by atoms with Gasteiger partial charge in [0, 0.05) is 22.0 Å². The first-order valence-corrected chi connectivity index (χ1v) is 20.5. The minimum absolute atomic E-state index is 0.852. The molecule has 0 spiro atoms. The maximum absolute atomic E-state index is 6.73. The first-order chi connectivity index (χ1) is 29.7. The Labute approximate surface area is 349 Å². The quantitative estimate of drug-likeness (QED) is 0.153. The van der Waals surface area contributed by atoms with Crippen molar-refractivity contribution in [3.05, 3.63) is 237 Å². The van der Waals surface area contributed by atoms with Gasteiger partial charge in [0.05, 0.1) is 11.4 Å². The molecule has 1 heterocycles. The minimum atomic E-state index is 0.852. The van der Waals surface area contributed by atoms with Gasteiger partial charge in [0.25, 0.3) is 0 Å². The van der Waals surface area contributed by atoms with E-state index in [9.17, 15) is 0 Å². The number of nitrogens with zero attached hydrogens (tertiary/aromatic N) is 1. The van der Waals surface area contributed by atoms with Crippen molar-refractivity contribution >= 4 is 49.8 Å². The first kappa shape index (κ1) is 35.2. The molecule has 0 aliphatic heterocycles. The summed E-state index contributed by atoms with van der Waals surface area (Å²) < 4.78 is 6.73. The van der Waals surface area contributed by atoms with Crippen LogP contribution in [0.2, 0.25) is 0 Å². The van der Waals surface area contributed by atoms with E-state index < -0.39 is 0 Å². The van der Waals surface area contributed by atoms with Crippen molar-refractivity contribution < 1.29 is 4.42 Å². The zero-order chi connectivity index (χ0) is 39.8. The van der Waals surface area contributed by atoms with Crippen molar-refractivity contribution in [2.45, 2.75) is 0 Å². The predicted molar refractivity (Wildman–Crippen MR) is 253 cm³/mol. The molecule has 0 bridgehead atoms. The van der Waals surface area contributed by atoms with Gasteiger partial charge in [-0.05, 0) is 115 Å². The molecule has 11 aromatic rings. The predicted octanol–water partition coefficient (Wildman–Crippen LogP) is 16.5. The lowest BCUT2D eigenvalue weighted by molar-refractivity contribution is 0.669. The lowest BCUT2D eigenvalue weighted by Crippen LogP contribution is -2.11. The second kappa shape index (κ2) is 15.1. The van der Waals surface area contributed by atoms with Crippen LogP contribution in [-0.2, 0) is 0 Å². The van der Waals surface area contributed by atoms with Crippen LogP contribution < -0.4 is 4.90 Å². The summed E-state index contributed by atoms with van der Waals surface area (Å²) >= 11 is 0. The molecule has 0 saturated heterocycles. The second-order valence-electron chi connectivity index (χ2n) is 15.3. The minimum Gasteiger partial charge on any atom is -0.454 e. The van der Waals surface area contributed by atoms with Crippen LogP contribution in [0.25, 0.3) is 88.3 Å². The summed E-state index contributed by atoms with van der Waals surface area (Å²) in [5, 5.41) is 4.67. The van der Waals surface area contributed by atoms with E-state index in [1.54, 1.807) is 0 Å². The summed E-state index contributed by atoms with van der Waals surface area (Å²) in [5.41, 5.74) is 16.5. The fourth-order valence-corrected chi connectivity index (χ4v) is 8.75. The van der Waals surface area contributed by atoms with E-state index in [0.29, 0.717) is 0 Å². The van der Waals surface area contributed by atoms with Gasteiger partial charge in [-0.1, -0.05) is 182 Å². The fraction of sp³-hybridized carbons (Fsp3) is 0. The standard InChI is InChI=1S/C58H39NO/c1-3-16-40(17-4-1)46-37-47(41-18-5-2-6-19-41)39-48(38-46)42-32-34-49(35-33-42)59(56-30-15-28-54-53-26-10-12-31-57(53)60-58(54)56)55-29-11-9-25-52(55)45-23-13-22-44(36-45)51-27-14-21-43-20-7-8-24-50(43)51/h1-39H. The summed E-state index contributed by atoms with van der Waals surface area (Å²) in [5.74, 6) is 0. The Morgan fingerprint density at radius 2 is 0.750 bits per heavy atom. The molecule has 282 valence electrons. The molecule has 1 aromatic heterocycles. The van der Waals surface area contributed by atoms with Crippen LogP contribution in [0, 0.1) is 0 Å². The van der Waals surface area contributed by atoms with Crippen molar-refractivity contribution in [1.82, 2.24) is 0 Å². The van der Waals surface area contributed by atoms with Crippen LogP contribution in [0.4, 0.5) is 17.1 Å². The zero-order valence-corrected chi connectivity index (χ0v) is 32.9. The highest BCUT2D eigenvalue weighted by Crippen LogP contribution is 2.46. The third-order valence-corrected chi connectivity index (χ3v) is 11.6. The van der Waals surface area contributed by atoms with Crippen molar-refractivity contribution in [3.8, 4) is 55.6 Å². The normalized spacial score (nSPS) is 11.3. The molecule has 0 saturated carbocycles. The molecule has 0 N–H and O–H groups in total. The lowest BCUT2D eigenvalue weighted by Gasteiger charge is -2.28. The van der Waals surface area contributed by atoms with Gasteiger partial charge >= 0.3 is 0 Å². The third-order valence-electron chi connectivity index (χ3n) is 11.6. The number of rotatable bonds is 8. The van der Waals surface area contributed by atoms with E-state index in [1.165, 1.54) is 49.7 Å². The van der Waals surface area contributed by atoms with Crippen molar-refractivity contribution in [3.63, 3.8) is 0 Å². The zero-order valence-electron chi connectivity index (χ0n) is 32.9. The second-order valence-corrected chi connectivity index (χ2v) is 15.3. The maximum atomic E-state index is 6.73. The highest BCUT2D eigenvalue weighted by Gasteiger charge is 2.22. The van der Waals surface area contributed by atoms with E-state index in [-0.39, 0.29) is 0 Å². The molecule has 0 aliphatic rings. The van der Waals surface area contributed by atoms with E-state index in [2.05, 4.69) is 235 Å². The fourth-order valence-electron chi connectivity index (χ4n) is 8.75. The van der Waals surface area contributed by atoms with Crippen LogP contribution >= 0.6 is 0 Å². The average molecular weight is 766 g/mol. The molecule has 10 aromatic carbocycles. The van der Waals surface area contributed by atoms with Gasteiger partial charge in [-0.2, -0.15) is 0 Å². The Morgan fingerprint density at radius 3 is 1.48 bits per heavy atom. The number of anilines is 3. The number of fused-ring (bicyclic) bond motifs is 4. The Hall–Kier alpha value is -7.94. The van der Waals surface area contributed by atoms with Gasteiger partial charge in [0.2, 0.25) is 0 Å². The topological polar surface area (TPSA) is 16.4 Å². The van der Waals surface area contributed by atoms with Gasteiger partial charge in [0.15, 0.2) is 5.58 Å². The smallest absolute Gasteiger partial charge is 0.159 e. The van der Waals surface area contributed by atoms with E-state index in [0.717, 1.165) is 55.7 Å². The molecule has 0 aliphatic carbocycles. The molecule has 0 atom stereocenters. The summed E-state index contributed by atoms with van der Waals surface area (Å²) in [6.07, 6.45) is 0. The van der Waals surface area contributed by atoms with Gasteiger partial charge < -0.3 is 9.32 Å². The number of furan rings is 1. The van der Waals surface area contributed by atoms with Gasteiger partial charge in [-0.25, -0.2) is 0 Å². The Kier molecular flexibility index (Phi) is 8.87. The SMILES string of the molecule is c1ccc(-c2cc(-c3ccccc3)cc(-c3ccc(N(c4ccccc4-c4cccc(-c5cccc6ccccc56)c4)c4cccc5c4oc4ccccc45)cc3)c2)cc1. The Morgan fingerprint density at radius 1 is 0.283 bits per heavy atom. The van der Waals surface area contributed by atoms with Crippen LogP contribution in [0.3, 0.4) is 0 Å². The molecule has 0 unspecified atom stereocenters. The summed E-state index contributed by atoms with van der Waals surface area (Å²) in [6.45, 7) is 0. The Bertz CT molecular complexity index is 3250. The highest BCUT2D eigenvalue weighted by atomic mass is 16.3. The summed E-state index contributed by atoms with van der Waals surface area (Å²) in [7, 11) is 0. The molecule has 2 heteroatoms. The number of hydrogen-bond acceptors (Lipinski definition) is 2. The van der Waals surface area contributed by atoms with Gasteiger partial charge in [-0.3, -0.25) is 0 Å². The van der Waals surface area contributed by atoms with Crippen LogP contribution in [-0.4, -0.2) is 0 Å². The highest BCUT2D eigenvalue weighted by molar-refractivity contribution is 6.11. The molecule has 11 rings (SSSR count). The molecular weight excluding hydrogens is 727 g/mol. The number of hydrogen-bond donors (Lipinski definition) is 0. The van der Waals surface area contributed by atoms with Gasteiger partial charge in [-0.15, -0.1) is 0 Å². The molecular formula is C58H39NO. The van der Waals surface area contributed by atoms with Crippen LogP contribution in [0.5, 0.6) is 0 Å². The molecule has 0 radical (unpaired) electrons. The lowest BCUT2D eigenvalue weighted by atomic mass is 9.93. The molecule has 0 fully saturated rings. The van der Waals surface area contributed by atoms with Crippen molar-refractivity contribution in [1.29, 1.82) is 0 Å². The van der Waals surface area contributed by atoms with E-state index in [4.69, 9.17) is 4.42 Å². The molecule has 60 heavy (non-hydrogen) atoms. The number of benzene rings is 10. The maximum Gasteiger partial charge on any atom is 0.159 e. The first-order valence-electron chi connectivity index (χ1n) is 20.5. The van der Waals surface area contributed by atoms with Gasteiger partial charge in [0.1, 0.15) is 5.58 Å². The molecule has 2 nitrogen and oxygen atoms in total. The van der Waals surface area contributed by atoms with Crippen LogP contribution in [0.1, 0.15) is 0 Å². The monoisotopic (exact) mass is 765 g/mol. The van der Waals surface area contributed by atoms with E-state index >= 15 is 0 Å². The summed E-state index contributed by atoms with van der Waals surface area (Å²) in [6, 6.07) is 84.9. The van der Waals surface area contributed by atoms with Crippen LogP contribution in [0.15, 0.2) is 241 Å². The van der Waals surface area contributed by atoms with Crippen molar-refractivity contribution in [2.75, 3.05) is 4.90 Å². The Balaban J connectivity index is 1.08. The number of para-hydroxylation sites is 3. The molecule has 0 amide bonds. The third kappa shape index (κ3) is 6.41. The largest absolute Gasteiger partial charge is 0.454 e. The van der Waals surface area contributed by atoms with E-state index in [1.807, 2.05) is 6.07 Å². The average Bonchev–Trinajstić information content (AvgIpc) is 3.72.